The van der Waals surface area contributed by atoms with Crippen LogP contribution in [0.25, 0.3) is 0 Å². The second-order valence-corrected chi connectivity index (χ2v) is 12.1. The molecule has 0 fully saturated rings. The first-order chi connectivity index (χ1) is 22.1. The third-order valence-corrected chi connectivity index (χ3v) is 8.01. The minimum atomic E-state index is -0.379. The molecule has 0 aromatic carbocycles. The Labute approximate surface area is 279 Å². The highest BCUT2D eigenvalue weighted by molar-refractivity contribution is 5.70. The Morgan fingerprint density at radius 1 is 0.533 bits per heavy atom. The molecule has 0 amide bonds. The smallest absolute Gasteiger partial charge is 0.306 e. The fourth-order valence-corrected chi connectivity index (χ4v) is 5.05. The van der Waals surface area contributed by atoms with E-state index in [1.165, 1.54) is 38.5 Å². The van der Waals surface area contributed by atoms with Gasteiger partial charge in [-0.05, 0) is 116 Å². The molecule has 0 aromatic heterocycles. The zero-order chi connectivity index (χ0) is 33.1. The van der Waals surface area contributed by atoms with Crippen molar-refractivity contribution in [2.24, 2.45) is 0 Å². The molecule has 0 aliphatic carbocycles. The van der Waals surface area contributed by atoms with Gasteiger partial charge in [-0.3, -0.25) is 9.59 Å². The van der Waals surface area contributed by atoms with E-state index in [4.69, 9.17) is 9.47 Å². The molecule has 45 heavy (non-hydrogen) atoms. The molecule has 0 radical (unpaired) electrons. The van der Waals surface area contributed by atoms with Crippen LogP contribution in [0.1, 0.15) is 163 Å². The Morgan fingerprint density at radius 3 is 1.36 bits per heavy atom. The number of carbonyl (C=O) groups excluding carboxylic acids is 2. The van der Waals surface area contributed by atoms with E-state index in [1.807, 2.05) is 0 Å². The predicted molar refractivity (Wildman–Crippen MR) is 193 cm³/mol. The molecule has 0 aliphatic heterocycles. The summed E-state index contributed by atoms with van der Waals surface area (Å²) >= 11 is 0. The highest BCUT2D eigenvalue weighted by Crippen LogP contribution is 2.11. The van der Waals surface area contributed by atoms with Crippen LogP contribution in [-0.2, 0) is 19.1 Å². The number of carbonyl (C=O) groups is 2. The van der Waals surface area contributed by atoms with Gasteiger partial charge in [-0.25, -0.2) is 0 Å². The van der Waals surface area contributed by atoms with Crippen LogP contribution in [0.3, 0.4) is 0 Å². The number of nitrogens with zero attached hydrogens (tertiary/aromatic N) is 1. The van der Waals surface area contributed by atoms with Crippen molar-refractivity contribution in [1.82, 2.24) is 4.90 Å². The van der Waals surface area contributed by atoms with Crippen LogP contribution in [0, 0.1) is 0 Å². The number of hydrogen-bond acceptors (Lipinski definition) is 5. The first-order valence-electron chi connectivity index (χ1n) is 18.7. The molecule has 5 heteroatoms. The molecular formula is C40H71NO4. The minimum Gasteiger partial charge on any atom is -0.462 e. The van der Waals surface area contributed by atoms with Crippen LogP contribution in [0.15, 0.2) is 48.6 Å². The summed E-state index contributed by atoms with van der Waals surface area (Å²) in [6, 6.07) is 0. The average Bonchev–Trinajstić information content (AvgIpc) is 3.04. The molecular weight excluding hydrogens is 558 g/mol. The number of allylic oxidation sites excluding steroid dienone is 8. The van der Waals surface area contributed by atoms with Gasteiger partial charge in [0.25, 0.3) is 0 Å². The van der Waals surface area contributed by atoms with E-state index < -0.39 is 0 Å². The molecule has 260 valence electrons. The van der Waals surface area contributed by atoms with Crippen LogP contribution in [0.4, 0.5) is 0 Å². The van der Waals surface area contributed by atoms with Gasteiger partial charge in [-0.2, -0.15) is 0 Å². The molecule has 0 aromatic rings. The lowest BCUT2D eigenvalue weighted by atomic mass is 10.1. The zero-order valence-electron chi connectivity index (χ0n) is 30.0. The fraction of sp³-hybridized carbons (Fsp3) is 0.750. The van der Waals surface area contributed by atoms with Crippen molar-refractivity contribution in [3.8, 4) is 0 Å². The maximum absolute atomic E-state index is 12.6. The zero-order valence-corrected chi connectivity index (χ0v) is 30.0. The van der Waals surface area contributed by atoms with Gasteiger partial charge in [-0.15, -0.1) is 0 Å². The van der Waals surface area contributed by atoms with Crippen molar-refractivity contribution in [2.45, 2.75) is 169 Å². The molecule has 0 unspecified atom stereocenters. The minimum absolute atomic E-state index is 0.155. The van der Waals surface area contributed by atoms with Crippen LogP contribution >= 0.6 is 0 Å². The van der Waals surface area contributed by atoms with E-state index in [2.05, 4.69) is 81.2 Å². The summed E-state index contributed by atoms with van der Waals surface area (Å²) in [6.07, 6.45) is 39.4. The molecule has 0 aliphatic rings. The number of hydrogen-bond donors (Lipinski definition) is 0. The van der Waals surface area contributed by atoms with Crippen LogP contribution < -0.4 is 0 Å². The number of unbranched alkanes of at least 4 members (excludes halogenated alkanes) is 12. The van der Waals surface area contributed by atoms with E-state index in [0.717, 1.165) is 96.7 Å². The third kappa shape index (κ3) is 31.6. The third-order valence-electron chi connectivity index (χ3n) is 8.01. The lowest BCUT2D eigenvalue weighted by Crippen LogP contribution is -2.32. The van der Waals surface area contributed by atoms with Gasteiger partial charge >= 0.3 is 11.9 Å². The quantitative estimate of drug-likeness (QED) is 0.0421. The second kappa shape index (κ2) is 34.7. The second-order valence-electron chi connectivity index (χ2n) is 12.1. The van der Waals surface area contributed by atoms with Gasteiger partial charge < -0.3 is 14.4 Å². The summed E-state index contributed by atoms with van der Waals surface area (Å²) in [5.41, 5.74) is 0. The van der Waals surface area contributed by atoms with Gasteiger partial charge in [0.2, 0.25) is 0 Å². The Morgan fingerprint density at radius 2 is 0.933 bits per heavy atom. The summed E-state index contributed by atoms with van der Waals surface area (Å²) in [6.45, 7) is 11.5. The van der Waals surface area contributed by atoms with Crippen LogP contribution in [-0.4, -0.2) is 49.2 Å². The summed E-state index contributed by atoms with van der Waals surface area (Å²) in [5, 5.41) is 0. The van der Waals surface area contributed by atoms with E-state index in [1.54, 1.807) is 0 Å². The molecule has 0 heterocycles. The molecule has 0 spiro atoms. The van der Waals surface area contributed by atoms with Crippen molar-refractivity contribution in [3.63, 3.8) is 0 Å². The van der Waals surface area contributed by atoms with Crippen molar-refractivity contribution in [2.75, 3.05) is 26.2 Å². The topological polar surface area (TPSA) is 55.8 Å². The van der Waals surface area contributed by atoms with Crippen LogP contribution in [0.5, 0.6) is 0 Å². The molecule has 0 saturated heterocycles. The first-order valence-corrected chi connectivity index (χ1v) is 18.7. The number of rotatable bonds is 32. The highest BCUT2D eigenvalue weighted by atomic mass is 16.6. The van der Waals surface area contributed by atoms with Gasteiger partial charge in [0, 0.05) is 25.8 Å². The summed E-state index contributed by atoms with van der Waals surface area (Å²) < 4.78 is 11.4. The molecule has 0 bridgehead atoms. The fourth-order valence-electron chi connectivity index (χ4n) is 5.05. The molecule has 0 N–H and O–H groups in total. The average molecular weight is 630 g/mol. The number of ether oxygens (including phenoxy) is 2. The Bertz CT molecular complexity index is 781. The van der Waals surface area contributed by atoms with Crippen LogP contribution in [0.2, 0.25) is 0 Å². The summed E-state index contributed by atoms with van der Waals surface area (Å²) in [4.78, 5) is 27.3. The normalized spacial score (nSPS) is 12.8. The lowest BCUT2D eigenvalue weighted by molar-refractivity contribution is -0.159. The largest absolute Gasteiger partial charge is 0.462 e. The molecule has 0 rings (SSSR count). The van der Waals surface area contributed by atoms with Gasteiger partial charge in [0.05, 0.1) is 0 Å². The number of esters is 2. The lowest BCUT2D eigenvalue weighted by Gasteiger charge is -2.23. The van der Waals surface area contributed by atoms with E-state index >= 15 is 0 Å². The monoisotopic (exact) mass is 630 g/mol. The van der Waals surface area contributed by atoms with Crippen molar-refractivity contribution >= 4 is 11.9 Å². The Balaban J connectivity index is 4.15. The first kappa shape index (κ1) is 42.9. The van der Waals surface area contributed by atoms with Gasteiger partial charge in [-0.1, -0.05) is 89.1 Å². The Hall–Kier alpha value is -2.14. The van der Waals surface area contributed by atoms with Gasteiger partial charge in [0.15, 0.2) is 0 Å². The molecule has 5 nitrogen and oxygen atoms in total. The van der Waals surface area contributed by atoms with Crippen molar-refractivity contribution < 1.29 is 19.1 Å². The Kier molecular flexibility index (Phi) is 33.1. The standard InChI is InChI=1S/C40H71NO4/c1-5-9-11-13-15-17-19-21-23-25-27-29-31-33-39(42)44-37-38(35-36-41(7-3)8-4)45-40(43)34-32-30-28-26-24-22-20-18-16-14-12-10-6-2/h9-12,21-24,38H,5-8,13-20,25-37H2,1-4H3/b11-9-,12-10-,23-21-,24-22-/t38-/m0/s1. The maximum Gasteiger partial charge on any atom is 0.306 e. The van der Waals surface area contributed by atoms with E-state index in [9.17, 15) is 9.59 Å². The summed E-state index contributed by atoms with van der Waals surface area (Å²) in [7, 11) is 0. The molecule has 0 saturated carbocycles. The predicted octanol–water partition coefficient (Wildman–Crippen LogP) is 11.2. The maximum atomic E-state index is 12.6. The molecule has 1 atom stereocenters. The van der Waals surface area contributed by atoms with E-state index in [0.29, 0.717) is 19.3 Å². The van der Waals surface area contributed by atoms with Crippen molar-refractivity contribution in [1.29, 1.82) is 0 Å². The highest BCUT2D eigenvalue weighted by Gasteiger charge is 2.18. The van der Waals surface area contributed by atoms with Crippen molar-refractivity contribution in [3.05, 3.63) is 48.6 Å². The SMILES string of the molecule is CC/C=C\CCCC/C=C\CCCCCC(=O)OC[C@H](CCN(CC)CC)OC(=O)CCCCC/C=C\CCCC/C=C\CC. The van der Waals surface area contributed by atoms with Gasteiger partial charge in [0.1, 0.15) is 12.7 Å². The summed E-state index contributed by atoms with van der Waals surface area (Å²) in [5.74, 6) is -0.363. The van der Waals surface area contributed by atoms with E-state index in [-0.39, 0.29) is 24.6 Å².